The third-order valence-corrected chi connectivity index (χ3v) is 10.1. The molecule has 2 heterocycles. The van der Waals surface area contributed by atoms with E-state index in [0.29, 0.717) is 11.2 Å². The molecule has 0 aromatic carbocycles. The summed E-state index contributed by atoms with van der Waals surface area (Å²) in [6, 6.07) is 2.09. The van der Waals surface area contributed by atoms with Crippen molar-refractivity contribution in [3.63, 3.8) is 0 Å². The quantitative estimate of drug-likeness (QED) is 0.112. The molecular formula is C30H50N2OS3. The highest BCUT2D eigenvalue weighted by atomic mass is 32.2. The number of amides is 1. The van der Waals surface area contributed by atoms with Gasteiger partial charge in [-0.3, -0.25) is 4.79 Å². The number of thioether (sulfide) groups is 3. The van der Waals surface area contributed by atoms with Crippen LogP contribution in [-0.4, -0.2) is 33.9 Å². The van der Waals surface area contributed by atoms with Crippen LogP contribution >= 0.6 is 35.3 Å². The highest BCUT2D eigenvalue weighted by Crippen LogP contribution is 2.39. The molecule has 1 aromatic rings. The van der Waals surface area contributed by atoms with Crippen LogP contribution in [0.15, 0.2) is 28.1 Å². The molecule has 0 saturated carbocycles. The number of nitrogens with one attached hydrogen (secondary N) is 1. The van der Waals surface area contributed by atoms with Crippen LogP contribution < -0.4 is 5.32 Å². The first-order valence-corrected chi connectivity index (χ1v) is 17.7. The summed E-state index contributed by atoms with van der Waals surface area (Å²) in [5, 5.41) is 4.68. The Hall–Kier alpha value is -0.590. The van der Waals surface area contributed by atoms with E-state index in [4.69, 9.17) is 4.98 Å². The molecule has 3 nitrogen and oxygen atoms in total. The van der Waals surface area contributed by atoms with Crippen LogP contribution in [0.5, 0.6) is 0 Å². The number of aryl methyl sites for hydroxylation is 1. The molecule has 2 rings (SSSR count). The minimum atomic E-state index is -0.0264. The third-order valence-electron chi connectivity index (χ3n) is 7.01. The summed E-state index contributed by atoms with van der Waals surface area (Å²) in [4.78, 5) is 19.6. The molecule has 0 radical (unpaired) electrons. The SMILES string of the molecule is CCCCCCCCC1C=CC(CCCCCCCC)C(C(=O)Nc2c(SC)cc(C)nc2SC)S1. The molecule has 0 aliphatic carbocycles. The molecule has 1 aromatic heterocycles. The van der Waals surface area contributed by atoms with Gasteiger partial charge in [0, 0.05) is 15.8 Å². The first kappa shape index (κ1) is 31.6. The summed E-state index contributed by atoms with van der Waals surface area (Å²) < 4.78 is 0. The minimum absolute atomic E-state index is 0.0264. The van der Waals surface area contributed by atoms with Gasteiger partial charge in [-0.15, -0.1) is 35.3 Å². The Labute approximate surface area is 234 Å². The Morgan fingerprint density at radius 3 is 2.11 bits per heavy atom. The summed E-state index contributed by atoms with van der Waals surface area (Å²) in [6.45, 7) is 6.56. The number of anilines is 1. The normalized spacial score (nSPS) is 19.5. The minimum Gasteiger partial charge on any atom is -0.322 e. The second-order valence-corrected chi connectivity index (χ2v) is 13.1. The molecule has 3 atom stereocenters. The predicted octanol–water partition coefficient (Wildman–Crippen LogP) is 9.93. The van der Waals surface area contributed by atoms with Crippen molar-refractivity contribution in [3.05, 3.63) is 23.9 Å². The van der Waals surface area contributed by atoms with Crippen LogP contribution in [0.3, 0.4) is 0 Å². The van der Waals surface area contributed by atoms with E-state index in [2.05, 4.69) is 43.6 Å². The van der Waals surface area contributed by atoms with Crippen LogP contribution in [-0.2, 0) is 4.79 Å². The lowest BCUT2D eigenvalue weighted by atomic mass is 9.94. The molecule has 0 spiro atoms. The Morgan fingerprint density at radius 2 is 1.50 bits per heavy atom. The Morgan fingerprint density at radius 1 is 0.889 bits per heavy atom. The zero-order valence-electron chi connectivity index (χ0n) is 23.4. The van der Waals surface area contributed by atoms with Gasteiger partial charge in [-0.05, 0) is 44.3 Å². The summed E-state index contributed by atoms with van der Waals surface area (Å²) in [5.74, 6) is 0.473. The van der Waals surface area contributed by atoms with Crippen molar-refractivity contribution in [1.29, 1.82) is 0 Å². The fourth-order valence-electron chi connectivity index (χ4n) is 4.89. The lowest BCUT2D eigenvalue weighted by Gasteiger charge is -2.31. The Bertz CT molecular complexity index is 773. The molecular weight excluding hydrogens is 501 g/mol. The number of pyridine rings is 1. The van der Waals surface area contributed by atoms with E-state index in [-0.39, 0.29) is 11.2 Å². The lowest BCUT2D eigenvalue weighted by molar-refractivity contribution is -0.116. The van der Waals surface area contributed by atoms with E-state index in [9.17, 15) is 4.79 Å². The average molecular weight is 551 g/mol. The number of nitrogens with zero attached hydrogens (tertiary/aromatic N) is 1. The molecule has 36 heavy (non-hydrogen) atoms. The maximum Gasteiger partial charge on any atom is 0.238 e. The number of carbonyl (C=O) groups excluding carboxylic acids is 1. The van der Waals surface area contributed by atoms with Crippen molar-refractivity contribution in [2.24, 2.45) is 5.92 Å². The van der Waals surface area contributed by atoms with Gasteiger partial charge in [-0.1, -0.05) is 103 Å². The molecule has 6 heteroatoms. The molecule has 1 aliphatic heterocycles. The first-order chi connectivity index (χ1) is 17.5. The fourth-order valence-corrected chi connectivity index (χ4v) is 7.67. The van der Waals surface area contributed by atoms with Gasteiger partial charge in [-0.25, -0.2) is 4.98 Å². The maximum atomic E-state index is 13.8. The summed E-state index contributed by atoms with van der Waals surface area (Å²) in [5.41, 5.74) is 1.89. The van der Waals surface area contributed by atoms with Crippen LogP contribution in [0.1, 0.15) is 109 Å². The highest BCUT2D eigenvalue weighted by Gasteiger charge is 2.33. The second kappa shape index (κ2) is 18.6. The van der Waals surface area contributed by atoms with Gasteiger partial charge in [-0.2, -0.15) is 0 Å². The number of carbonyl (C=O) groups is 1. The van der Waals surface area contributed by atoms with Gasteiger partial charge in [0.25, 0.3) is 0 Å². The zero-order valence-corrected chi connectivity index (χ0v) is 25.9. The van der Waals surface area contributed by atoms with E-state index >= 15 is 0 Å². The summed E-state index contributed by atoms with van der Waals surface area (Å²) >= 11 is 5.20. The van der Waals surface area contributed by atoms with Crippen molar-refractivity contribution in [2.75, 3.05) is 17.8 Å². The van der Waals surface area contributed by atoms with Gasteiger partial charge in [0.15, 0.2) is 0 Å². The van der Waals surface area contributed by atoms with Gasteiger partial charge < -0.3 is 5.32 Å². The molecule has 1 aliphatic rings. The van der Waals surface area contributed by atoms with Crippen LogP contribution in [0.4, 0.5) is 5.69 Å². The van der Waals surface area contributed by atoms with Gasteiger partial charge in [0.2, 0.25) is 5.91 Å². The predicted molar refractivity (Wildman–Crippen MR) is 165 cm³/mol. The topological polar surface area (TPSA) is 42.0 Å². The van der Waals surface area contributed by atoms with E-state index < -0.39 is 0 Å². The number of rotatable bonds is 18. The maximum absolute atomic E-state index is 13.8. The third kappa shape index (κ3) is 11.0. The molecule has 204 valence electrons. The first-order valence-electron chi connectivity index (χ1n) is 14.3. The smallest absolute Gasteiger partial charge is 0.238 e. The van der Waals surface area contributed by atoms with E-state index in [1.54, 1.807) is 23.5 Å². The van der Waals surface area contributed by atoms with E-state index in [1.165, 1.54) is 83.5 Å². The van der Waals surface area contributed by atoms with Crippen LogP contribution in [0.25, 0.3) is 0 Å². The lowest BCUT2D eigenvalue weighted by Crippen LogP contribution is -2.35. The fraction of sp³-hybridized carbons (Fsp3) is 0.733. The largest absolute Gasteiger partial charge is 0.322 e. The molecule has 0 bridgehead atoms. The number of allylic oxidation sites excluding steroid dienone is 1. The van der Waals surface area contributed by atoms with Gasteiger partial charge in [0.1, 0.15) is 5.03 Å². The average Bonchev–Trinajstić information content (AvgIpc) is 2.89. The van der Waals surface area contributed by atoms with E-state index in [1.807, 2.05) is 24.9 Å². The number of hydrogen-bond donors (Lipinski definition) is 1. The highest BCUT2D eigenvalue weighted by molar-refractivity contribution is 8.01. The zero-order chi connectivity index (χ0) is 26.2. The van der Waals surface area contributed by atoms with Crippen LogP contribution in [0, 0.1) is 12.8 Å². The molecule has 0 saturated heterocycles. The monoisotopic (exact) mass is 550 g/mol. The second-order valence-electron chi connectivity index (χ2n) is 10.1. The number of hydrogen-bond acceptors (Lipinski definition) is 5. The van der Waals surface area contributed by atoms with Gasteiger partial charge in [0.05, 0.1) is 10.9 Å². The molecule has 1 amide bonds. The van der Waals surface area contributed by atoms with Gasteiger partial charge >= 0.3 is 0 Å². The van der Waals surface area contributed by atoms with E-state index in [0.717, 1.165) is 27.7 Å². The van der Waals surface area contributed by atoms with Crippen molar-refractivity contribution in [3.8, 4) is 0 Å². The summed E-state index contributed by atoms with van der Waals surface area (Å²) in [7, 11) is 0. The van der Waals surface area contributed by atoms with Crippen molar-refractivity contribution in [2.45, 2.75) is 131 Å². The molecule has 0 fully saturated rings. The number of aromatic nitrogens is 1. The van der Waals surface area contributed by atoms with Crippen molar-refractivity contribution >= 4 is 46.9 Å². The molecule has 1 N–H and O–H groups in total. The van der Waals surface area contributed by atoms with Crippen LogP contribution in [0.2, 0.25) is 0 Å². The van der Waals surface area contributed by atoms with Crippen molar-refractivity contribution in [1.82, 2.24) is 4.98 Å². The number of unbranched alkanes of at least 4 members (excludes halogenated alkanes) is 10. The Balaban J connectivity index is 2.06. The summed E-state index contributed by atoms with van der Waals surface area (Å²) in [6.07, 6.45) is 26.9. The van der Waals surface area contributed by atoms with Crippen molar-refractivity contribution < 1.29 is 4.79 Å². The standard InChI is InChI=1S/C30H50N2OS3/c1-6-8-10-12-14-16-18-24-20-21-25(19-17-15-13-11-9-7-2)36-28(24)29(33)32-27-26(34-4)22-23(3)31-30(27)35-5/h20-22,24-25,28H,6-19H2,1-5H3,(H,32,33). The molecule has 3 unspecified atom stereocenters. The Kier molecular flexibility index (Phi) is 16.4.